The number of nitrogens with one attached hydrogen (secondary N) is 5. The fraction of sp³-hybridized carbons (Fsp3) is 0.471. The Hall–Kier alpha value is -8.53. The number of carbonyl (C=O) groups is 12. The second kappa shape index (κ2) is 52.4. The number of aliphatic hydroxyl groups excluding tert-OH is 1. The molecule has 10 N–H and O–H groups in total. The van der Waals surface area contributed by atoms with Gasteiger partial charge in [-0.05, 0) is 174 Å². The molecule has 27 nitrogen and oxygen atoms in total. The van der Waals surface area contributed by atoms with Crippen LogP contribution in [0.2, 0.25) is 0 Å². The summed E-state index contributed by atoms with van der Waals surface area (Å²) in [6.07, 6.45) is 4.82. The fourth-order valence-electron chi connectivity index (χ4n) is 8.37. The number of halogens is 5. The van der Waals surface area contributed by atoms with E-state index in [1.54, 1.807) is 14.7 Å². The molecular weight excluding hydrogens is 1380 g/mol. The summed E-state index contributed by atoms with van der Waals surface area (Å²) < 4.78 is 70.5. The topological polar surface area (TPSA) is 395 Å². The monoisotopic (exact) mass is 1470 g/mol. The number of aliphatic carboxylic acids is 2. The predicted molar refractivity (Wildman–Crippen MR) is 364 cm³/mol. The van der Waals surface area contributed by atoms with E-state index in [-0.39, 0.29) is 124 Å². The molecule has 3 radical (unpaired) electrons. The molecular formula is C68H92BClF4N8NaO19. The van der Waals surface area contributed by atoms with Gasteiger partial charge in [0.15, 0.2) is 0 Å². The zero-order chi connectivity index (χ0) is 74.7. The number of esters is 2. The molecule has 4 saturated heterocycles. The molecule has 4 heterocycles. The molecule has 4 aliphatic heterocycles. The van der Waals surface area contributed by atoms with Crippen molar-refractivity contribution in [1.82, 2.24) is 41.3 Å². The zero-order valence-electron chi connectivity index (χ0n) is 60.0. The van der Waals surface area contributed by atoms with Crippen LogP contribution in [-0.2, 0) is 47.8 Å². The number of hydrogen-bond donors (Lipinski definition) is 8. The molecule has 4 aliphatic rings. The van der Waals surface area contributed by atoms with Crippen LogP contribution in [0.4, 0.5) is 22.4 Å². The molecule has 0 aliphatic carbocycles. The number of ether oxygens (including phenoxy) is 3. The van der Waals surface area contributed by atoms with Crippen LogP contribution < -0.4 is 56.1 Å². The van der Waals surface area contributed by atoms with E-state index < -0.39 is 100 Å². The van der Waals surface area contributed by atoms with E-state index in [1.807, 2.05) is 13.8 Å². The van der Waals surface area contributed by atoms with Crippen LogP contribution in [0.25, 0.3) is 0 Å². The summed E-state index contributed by atoms with van der Waals surface area (Å²) in [6, 6.07) is 16.3. The van der Waals surface area contributed by atoms with Crippen molar-refractivity contribution < 1.29 is 142 Å². The van der Waals surface area contributed by atoms with Crippen molar-refractivity contribution in [1.29, 1.82) is 0 Å². The molecule has 0 bridgehead atoms. The van der Waals surface area contributed by atoms with Gasteiger partial charge in [0.2, 0.25) is 17.7 Å². The molecule has 0 spiro atoms. The summed E-state index contributed by atoms with van der Waals surface area (Å²) in [5.41, 5.74) is 0.195. The van der Waals surface area contributed by atoms with E-state index in [0.717, 1.165) is 43.5 Å². The van der Waals surface area contributed by atoms with Crippen LogP contribution in [-0.4, -0.2) is 219 Å². The predicted octanol–water partition coefficient (Wildman–Crippen LogP) is 2.57. The Labute approximate surface area is 621 Å². The van der Waals surface area contributed by atoms with Gasteiger partial charge in [-0.1, -0.05) is 21.3 Å². The van der Waals surface area contributed by atoms with Crippen molar-refractivity contribution in [3.63, 3.8) is 0 Å². The van der Waals surface area contributed by atoms with Crippen LogP contribution in [0.1, 0.15) is 143 Å². The van der Waals surface area contributed by atoms with E-state index in [0.29, 0.717) is 70.2 Å². The minimum Gasteiger partial charge on any atom is -1.00 e. The van der Waals surface area contributed by atoms with E-state index in [1.165, 1.54) is 114 Å². The smallest absolute Gasteiger partial charge is 1.00 e. The van der Waals surface area contributed by atoms with Gasteiger partial charge < -0.3 is 77.7 Å². The second-order valence-electron chi connectivity index (χ2n) is 22.6. The fourth-order valence-corrected chi connectivity index (χ4v) is 8.44. The number of carbonyl (C=O) groups excluding carboxylic acids is 10. The first-order valence-electron chi connectivity index (χ1n) is 32.5. The van der Waals surface area contributed by atoms with Gasteiger partial charge in [-0.2, -0.15) is 0 Å². The van der Waals surface area contributed by atoms with Crippen molar-refractivity contribution in [3.05, 3.63) is 143 Å². The van der Waals surface area contributed by atoms with Crippen molar-refractivity contribution >= 4 is 90.7 Å². The molecule has 4 aromatic rings. The molecule has 0 saturated carbocycles. The van der Waals surface area contributed by atoms with Gasteiger partial charge in [-0.25, -0.2) is 27.2 Å². The van der Waals surface area contributed by atoms with Gasteiger partial charge in [0.25, 0.3) is 23.6 Å². The maximum Gasteiger partial charge on any atom is 1.00 e. The second-order valence-corrected chi connectivity index (χ2v) is 22.9. The number of carboxylic acid groups (broad SMARTS) is 2. The number of rotatable bonds is 26. The van der Waals surface area contributed by atoms with Gasteiger partial charge in [0.05, 0.1) is 20.8 Å². The van der Waals surface area contributed by atoms with Gasteiger partial charge in [0, 0.05) is 109 Å². The number of methoxy groups -OCH3 is 2. The van der Waals surface area contributed by atoms with E-state index >= 15 is 0 Å². The first-order chi connectivity index (χ1) is 47.7. The van der Waals surface area contributed by atoms with Crippen LogP contribution in [0, 0.1) is 29.2 Å². The number of hydrogen-bond acceptors (Lipinski definition) is 17. The minimum atomic E-state index is -1.26. The summed E-state index contributed by atoms with van der Waals surface area (Å²) in [5, 5.41) is 39.8. The standard InChI is InChI=1S/C16H19FN2O4.C15H17FN2O4.C15H19FN2O3.C13H14FNO5.C5H9ClO2.C3H7N.CH4.B.Na.H2O.H/c1-23-14(20)8-7-13(16(22)19-9-2-10-19)18-15(21)11-3-5-12(17)6-4-11;16-11-4-2-10(3-5-11)14(21)17-12(6-7-13(19)20)15(22)18-8-1-9-18;16-12-6-4-11(5-7-12)14(20)17-13(3-1-10-19)15(21)18-8-2-9-18;1-20-11(16)7-6-10(13(18)19)15-12(17)8-2-4-9(14)5-3-8;1-4(2)3-8-5(6)7;1-2-4-3-1;;;;;/h3-6,13H,2,7-10H2,1H3,(H,18,21);2-5,12H,1,6-9H2,(H,17,21)(H,19,20);4-7,13,19H,1-3,8-10H2,(H,17,20);2-5,10H,6-7H2,1H3,(H,15,17)(H,18,19);4H,3H2,1-2H3;4H,1-3H2;1H4;;;1H2;/q;;;;;;;;+1;;-1/t13-;12-;13-;10-;;;;;;;/m0000......./s1/i;;;;;;1D;;;;. The number of likely N-dealkylation sites (tertiary alicyclic amines) is 3. The molecule has 4 atom stereocenters. The van der Waals surface area contributed by atoms with E-state index in [2.05, 4.69) is 40.8 Å². The van der Waals surface area contributed by atoms with Crippen molar-refractivity contribution in [2.75, 3.05) is 79.8 Å². The molecule has 34 heteroatoms. The van der Waals surface area contributed by atoms with E-state index in [9.17, 15) is 75.1 Å². The first-order valence-corrected chi connectivity index (χ1v) is 31.9. The number of benzene rings is 4. The Balaban J connectivity index is -0.00000121. The summed E-state index contributed by atoms with van der Waals surface area (Å²) in [5.74, 6) is -7.43. The van der Waals surface area contributed by atoms with Crippen LogP contribution in [0.5, 0.6) is 0 Å². The van der Waals surface area contributed by atoms with Crippen LogP contribution in [0.3, 0.4) is 0 Å². The third-order valence-electron chi connectivity index (χ3n) is 14.6. The van der Waals surface area contributed by atoms with Crippen LogP contribution in [0.15, 0.2) is 97.1 Å². The average Bonchev–Trinajstić information content (AvgIpc) is 0.853. The van der Waals surface area contributed by atoms with Crippen molar-refractivity contribution in [2.24, 2.45) is 5.92 Å². The molecule has 7 amide bonds. The zero-order valence-corrected chi connectivity index (χ0v) is 60.7. The summed E-state index contributed by atoms with van der Waals surface area (Å²) >= 11 is 4.86. The maximum absolute atomic E-state index is 12.9. The SMILES string of the molecule is C1CNC1.CC(C)COC(=O)Cl.COC(=O)CC[C@H](NC(=O)c1ccc(F)cc1)C(=O)N1CCC1.COC(=O)CC[C@H](NC(=O)c1ccc(F)cc1)C(=O)O.O.O=C(N[C@@H](CCCO)C(=O)N1CCC1)c1ccc(F)cc1.O=C(O)CC[C@H](NC(=O)c1ccc(F)cc1)C(=O)N1CCC1.[2H]C.[B].[H-].[Na+]. The normalized spacial score (nSPS) is 13.6. The summed E-state index contributed by atoms with van der Waals surface area (Å²) in [6.45, 7) is 10.7. The van der Waals surface area contributed by atoms with Gasteiger partial charge in [-0.15, -0.1) is 0 Å². The van der Waals surface area contributed by atoms with Gasteiger partial charge in [0.1, 0.15) is 47.4 Å². The van der Waals surface area contributed by atoms with E-state index in [4.69, 9.17) is 28.3 Å². The largest absolute Gasteiger partial charge is 1.00 e. The number of aliphatic hydroxyl groups is 1. The molecule has 0 unspecified atom stereocenters. The van der Waals surface area contributed by atoms with Gasteiger partial charge >= 0.3 is 58.9 Å². The number of amides is 7. The molecule has 4 aromatic carbocycles. The average molecular weight is 1470 g/mol. The van der Waals surface area contributed by atoms with Crippen molar-refractivity contribution in [3.8, 4) is 0 Å². The summed E-state index contributed by atoms with van der Waals surface area (Å²) in [4.78, 5) is 144. The number of nitrogens with zero attached hydrogens (tertiary/aromatic N) is 3. The molecule has 102 heavy (non-hydrogen) atoms. The third-order valence-corrected chi connectivity index (χ3v) is 14.7. The van der Waals surface area contributed by atoms with Crippen molar-refractivity contribution in [2.45, 2.75) is 122 Å². The molecule has 8 rings (SSSR count). The molecule has 0 aromatic heterocycles. The Kier molecular flexibility index (Phi) is 48.1. The molecule has 557 valence electrons. The number of carboxylic acids is 2. The maximum atomic E-state index is 12.9. The Bertz CT molecular complexity index is 3260. The van der Waals surface area contributed by atoms with Crippen LogP contribution >= 0.6 is 11.6 Å². The first kappa shape index (κ1) is 93.5. The van der Waals surface area contributed by atoms with Gasteiger partial charge in [-0.3, -0.25) is 47.9 Å². The Morgan fingerprint density at radius 3 is 0.990 bits per heavy atom. The quantitative estimate of drug-likeness (QED) is 0.0147. The Morgan fingerprint density at radius 1 is 0.520 bits per heavy atom. The molecule has 4 fully saturated rings. The Morgan fingerprint density at radius 2 is 0.784 bits per heavy atom. The summed E-state index contributed by atoms with van der Waals surface area (Å²) in [7, 11) is 3.71. The minimum absolute atomic E-state index is 0. The third kappa shape index (κ3) is 37.4.